The van der Waals surface area contributed by atoms with E-state index in [0.29, 0.717) is 16.6 Å². The van der Waals surface area contributed by atoms with Gasteiger partial charge in [0.05, 0.1) is 11.0 Å². The van der Waals surface area contributed by atoms with Crippen LogP contribution in [0.4, 0.5) is 0 Å². The summed E-state index contributed by atoms with van der Waals surface area (Å²) in [6, 6.07) is 10.4. The molecule has 1 aromatic heterocycles. The second kappa shape index (κ2) is 5.18. The van der Waals surface area contributed by atoms with Crippen molar-refractivity contribution in [1.82, 2.24) is 4.57 Å². The highest BCUT2D eigenvalue weighted by molar-refractivity contribution is 9.10. The Kier molecular flexibility index (Phi) is 3.62. The van der Waals surface area contributed by atoms with E-state index in [1.165, 1.54) is 0 Å². The van der Waals surface area contributed by atoms with E-state index in [1.54, 1.807) is 41.1 Å². The summed E-state index contributed by atoms with van der Waals surface area (Å²) in [5, 5.41) is 0. The van der Waals surface area contributed by atoms with Gasteiger partial charge in [0.2, 0.25) is 5.91 Å². The molecule has 0 aliphatic carbocycles. The molecule has 2 N–H and O–H groups in total. The van der Waals surface area contributed by atoms with Crippen molar-refractivity contribution in [3.05, 3.63) is 68.5 Å². The lowest BCUT2D eigenvalue weighted by molar-refractivity contribution is 0.1000. The van der Waals surface area contributed by atoms with Crippen LogP contribution < -0.4 is 11.3 Å². The summed E-state index contributed by atoms with van der Waals surface area (Å²) in [6.45, 7) is 0.402. The summed E-state index contributed by atoms with van der Waals surface area (Å²) in [7, 11) is 0. The first-order chi connectivity index (χ1) is 8.58. The zero-order valence-electron chi connectivity index (χ0n) is 9.47. The molecule has 0 radical (unpaired) electrons. The lowest BCUT2D eigenvalue weighted by atomic mass is 10.1. The Balaban J connectivity index is 2.34. The zero-order chi connectivity index (χ0) is 13.1. The molecule has 0 spiro atoms. The first-order valence-corrected chi connectivity index (χ1v) is 6.11. The van der Waals surface area contributed by atoms with Crippen molar-refractivity contribution in [2.75, 3.05) is 0 Å². The predicted octanol–water partition coefficient (Wildman–Crippen LogP) is 1.76. The van der Waals surface area contributed by atoms with E-state index in [-0.39, 0.29) is 5.56 Å². The molecular weight excluding hydrogens is 296 g/mol. The van der Waals surface area contributed by atoms with E-state index >= 15 is 0 Å². The molecule has 0 saturated heterocycles. The number of carbonyl (C=O) groups excluding carboxylic acids is 1. The third kappa shape index (κ3) is 2.68. The number of nitrogens with two attached hydrogens (primary N) is 1. The largest absolute Gasteiger partial charge is 0.366 e. The van der Waals surface area contributed by atoms with E-state index in [0.717, 1.165) is 5.56 Å². The fourth-order valence-corrected chi connectivity index (χ4v) is 2.03. The average molecular weight is 307 g/mol. The summed E-state index contributed by atoms with van der Waals surface area (Å²) in [5.41, 5.74) is 6.40. The Morgan fingerprint density at radius 2 is 2.06 bits per heavy atom. The number of rotatable bonds is 3. The number of pyridine rings is 1. The van der Waals surface area contributed by atoms with E-state index in [9.17, 15) is 9.59 Å². The number of benzene rings is 1. The maximum Gasteiger partial charge on any atom is 0.265 e. The van der Waals surface area contributed by atoms with Crippen LogP contribution in [0.1, 0.15) is 15.9 Å². The van der Waals surface area contributed by atoms with Crippen LogP contribution in [0, 0.1) is 0 Å². The highest BCUT2D eigenvalue weighted by atomic mass is 79.9. The molecule has 0 bridgehead atoms. The molecular formula is C13H11BrN2O2. The van der Waals surface area contributed by atoms with E-state index in [4.69, 9.17) is 5.73 Å². The number of carbonyl (C=O) groups is 1. The molecule has 2 rings (SSSR count). The van der Waals surface area contributed by atoms with Crippen LogP contribution in [0.2, 0.25) is 0 Å². The van der Waals surface area contributed by atoms with Crippen molar-refractivity contribution >= 4 is 21.8 Å². The highest BCUT2D eigenvalue weighted by Gasteiger charge is 2.04. The van der Waals surface area contributed by atoms with Crippen LogP contribution in [0.15, 0.2) is 51.9 Å². The van der Waals surface area contributed by atoms with E-state index in [2.05, 4.69) is 15.9 Å². The van der Waals surface area contributed by atoms with E-state index < -0.39 is 5.91 Å². The van der Waals surface area contributed by atoms with Gasteiger partial charge in [0.15, 0.2) is 0 Å². The van der Waals surface area contributed by atoms with Crippen LogP contribution in [0.3, 0.4) is 0 Å². The quantitative estimate of drug-likeness (QED) is 0.939. The molecule has 1 aromatic carbocycles. The van der Waals surface area contributed by atoms with Gasteiger partial charge in [-0.05, 0) is 45.8 Å². The minimum atomic E-state index is -0.474. The molecule has 0 fully saturated rings. The fourth-order valence-electron chi connectivity index (χ4n) is 1.65. The standard InChI is InChI=1S/C13H11BrN2O2/c14-11-5-2-6-16(13(11)18)8-9-3-1-4-10(7-9)12(15)17/h1-7H,8H2,(H2,15,17). The van der Waals surface area contributed by atoms with Gasteiger partial charge in [0, 0.05) is 11.8 Å². The van der Waals surface area contributed by atoms with Gasteiger partial charge in [-0.1, -0.05) is 12.1 Å². The normalized spacial score (nSPS) is 10.3. The van der Waals surface area contributed by atoms with Crippen molar-refractivity contribution < 1.29 is 4.79 Å². The average Bonchev–Trinajstić information content (AvgIpc) is 2.35. The summed E-state index contributed by atoms with van der Waals surface area (Å²) in [6.07, 6.45) is 1.70. The molecule has 1 heterocycles. The Bertz CT molecular complexity index is 649. The topological polar surface area (TPSA) is 65.1 Å². The minimum absolute atomic E-state index is 0.109. The Hall–Kier alpha value is -1.88. The molecule has 5 heteroatoms. The maximum absolute atomic E-state index is 11.8. The van der Waals surface area contributed by atoms with Gasteiger partial charge in [-0.15, -0.1) is 0 Å². The molecule has 0 aliphatic rings. The molecule has 0 aliphatic heterocycles. The number of halogens is 1. The number of hydrogen-bond acceptors (Lipinski definition) is 2. The minimum Gasteiger partial charge on any atom is -0.366 e. The van der Waals surface area contributed by atoms with Gasteiger partial charge in [-0.25, -0.2) is 0 Å². The van der Waals surface area contributed by atoms with Crippen LogP contribution in [-0.4, -0.2) is 10.5 Å². The number of primary amides is 1. The fraction of sp³-hybridized carbons (Fsp3) is 0.0769. The molecule has 0 unspecified atom stereocenters. The first-order valence-electron chi connectivity index (χ1n) is 5.31. The van der Waals surface area contributed by atoms with Crippen LogP contribution in [0.25, 0.3) is 0 Å². The maximum atomic E-state index is 11.8. The second-order valence-electron chi connectivity index (χ2n) is 3.85. The lowest BCUT2D eigenvalue weighted by Crippen LogP contribution is -2.20. The summed E-state index contributed by atoms with van der Waals surface area (Å²) in [4.78, 5) is 22.9. The van der Waals surface area contributed by atoms with Crippen molar-refractivity contribution in [2.45, 2.75) is 6.54 Å². The summed E-state index contributed by atoms with van der Waals surface area (Å²) in [5.74, 6) is -0.474. The number of amides is 1. The van der Waals surface area contributed by atoms with Gasteiger partial charge < -0.3 is 10.3 Å². The van der Waals surface area contributed by atoms with Crippen molar-refractivity contribution in [3.63, 3.8) is 0 Å². The number of hydrogen-bond donors (Lipinski definition) is 1. The van der Waals surface area contributed by atoms with Gasteiger partial charge in [-0.3, -0.25) is 9.59 Å². The Morgan fingerprint density at radius 1 is 1.28 bits per heavy atom. The smallest absolute Gasteiger partial charge is 0.265 e. The van der Waals surface area contributed by atoms with Gasteiger partial charge >= 0.3 is 0 Å². The summed E-state index contributed by atoms with van der Waals surface area (Å²) >= 11 is 3.19. The molecule has 92 valence electrons. The number of aromatic nitrogens is 1. The van der Waals surface area contributed by atoms with Crippen molar-refractivity contribution in [1.29, 1.82) is 0 Å². The summed E-state index contributed by atoms with van der Waals surface area (Å²) < 4.78 is 2.07. The van der Waals surface area contributed by atoms with E-state index in [1.807, 2.05) is 6.07 Å². The predicted molar refractivity (Wildman–Crippen MR) is 72.5 cm³/mol. The van der Waals surface area contributed by atoms with Crippen molar-refractivity contribution in [3.8, 4) is 0 Å². The zero-order valence-corrected chi connectivity index (χ0v) is 11.1. The second-order valence-corrected chi connectivity index (χ2v) is 4.71. The molecule has 18 heavy (non-hydrogen) atoms. The van der Waals surface area contributed by atoms with Crippen molar-refractivity contribution in [2.24, 2.45) is 5.73 Å². The monoisotopic (exact) mass is 306 g/mol. The Labute approximate surface area is 112 Å². The molecule has 0 saturated carbocycles. The molecule has 2 aromatic rings. The number of nitrogens with zero attached hydrogens (tertiary/aromatic N) is 1. The molecule has 0 atom stereocenters. The molecule has 4 nitrogen and oxygen atoms in total. The molecule has 1 amide bonds. The Morgan fingerprint density at radius 3 is 2.78 bits per heavy atom. The van der Waals surface area contributed by atoms with Gasteiger partial charge in [0.25, 0.3) is 5.56 Å². The van der Waals surface area contributed by atoms with Crippen LogP contribution in [0.5, 0.6) is 0 Å². The third-order valence-corrected chi connectivity index (χ3v) is 3.14. The first kappa shape index (κ1) is 12.6. The van der Waals surface area contributed by atoms with Crippen LogP contribution in [-0.2, 0) is 6.54 Å². The SMILES string of the molecule is NC(=O)c1cccc(Cn2cccc(Br)c2=O)c1. The van der Waals surface area contributed by atoms with Crippen LogP contribution >= 0.6 is 15.9 Å². The van der Waals surface area contributed by atoms with Gasteiger partial charge in [-0.2, -0.15) is 0 Å². The van der Waals surface area contributed by atoms with Gasteiger partial charge in [0.1, 0.15) is 0 Å². The lowest BCUT2D eigenvalue weighted by Gasteiger charge is -2.07. The third-order valence-electron chi connectivity index (χ3n) is 2.54. The highest BCUT2D eigenvalue weighted by Crippen LogP contribution is 2.07.